The second-order valence-electron chi connectivity index (χ2n) is 9.48. The minimum Gasteiger partial charge on any atom is -0.359 e. The van der Waals surface area contributed by atoms with E-state index in [1.165, 1.54) is 12.1 Å². The standard InChI is InChI=1S/C25H28N4O6S2/c26-37(32,33)18-7-3-15(4-8-18)9-10-27-23(30)17-5-1-16(2-6-17)13-29-24(31)19-11-21-22(35-14-34-21)12-20(19)28-25(29)36/h1-8,19-22H,9-14H2,(H,27,30)(H,28,36)(H2,26,32,33). The molecular weight excluding hydrogens is 516 g/mol. The molecule has 0 radical (unpaired) electrons. The maximum atomic E-state index is 13.2. The van der Waals surface area contributed by atoms with Crippen LogP contribution in [0.5, 0.6) is 0 Å². The number of hydrogen-bond donors (Lipinski definition) is 3. The Morgan fingerprint density at radius 3 is 2.38 bits per heavy atom. The molecule has 2 saturated heterocycles. The van der Waals surface area contributed by atoms with Crippen molar-refractivity contribution in [3.8, 4) is 0 Å². The Labute approximate surface area is 220 Å². The van der Waals surface area contributed by atoms with Gasteiger partial charge >= 0.3 is 0 Å². The van der Waals surface area contributed by atoms with Crippen molar-refractivity contribution < 1.29 is 27.5 Å². The number of nitrogens with two attached hydrogens (primary N) is 1. The van der Waals surface area contributed by atoms with Crippen molar-refractivity contribution in [1.29, 1.82) is 0 Å². The molecule has 1 aliphatic carbocycles. The van der Waals surface area contributed by atoms with Crippen molar-refractivity contribution in [2.24, 2.45) is 11.1 Å². The van der Waals surface area contributed by atoms with Gasteiger partial charge in [-0.2, -0.15) is 0 Å². The second kappa shape index (κ2) is 10.5. The highest BCUT2D eigenvalue weighted by Gasteiger charge is 2.48. The lowest BCUT2D eigenvalue weighted by molar-refractivity contribution is -0.137. The average molecular weight is 545 g/mol. The van der Waals surface area contributed by atoms with Crippen LogP contribution in [0.2, 0.25) is 0 Å². The van der Waals surface area contributed by atoms with E-state index < -0.39 is 10.0 Å². The number of rotatable bonds is 7. The molecule has 2 aromatic rings. The second-order valence-corrected chi connectivity index (χ2v) is 11.4. The van der Waals surface area contributed by atoms with Gasteiger partial charge in [-0.05, 0) is 66.9 Å². The topological polar surface area (TPSA) is 140 Å². The van der Waals surface area contributed by atoms with E-state index in [9.17, 15) is 18.0 Å². The third-order valence-corrected chi connectivity index (χ3v) is 8.35. The molecule has 3 aliphatic rings. The number of amides is 2. The fourth-order valence-corrected chi connectivity index (χ4v) is 5.85. The number of ether oxygens (including phenoxy) is 2. The van der Waals surface area contributed by atoms with Crippen molar-refractivity contribution in [1.82, 2.24) is 15.5 Å². The summed E-state index contributed by atoms with van der Waals surface area (Å²) in [4.78, 5) is 27.4. The van der Waals surface area contributed by atoms with Gasteiger partial charge in [0, 0.05) is 18.2 Å². The maximum absolute atomic E-state index is 13.2. The van der Waals surface area contributed by atoms with Crippen LogP contribution in [-0.2, 0) is 37.3 Å². The zero-order valence-corrected chi connectivity index (χ0v) is 21.6. The third kappa shape index (κ3) is 5.68. The van der Waals surface area contributed by atoms with Crippen LogP contribution >= 0.6 is 12.2 Å². The molecule has 0 spiro atoms. The molecule has 4 N–H and O–H groups in total. The first kappa shape index (κ1) is 25.7. The van der Waals surface area contributed by atoms with E-state index in [0.717, 1.165) is 11.1 Å². The van der Waals surface area contributed by atoms with Crippen LogP contribution in [-0.4, -0.2) is 61.8 Å². The Hall–Kier alpha value is -2.90. The van der Waals surface area contributed by atoms with E-state index in [2.05, 4.69) is 10.6 Å². The lowest BCUT2D eigenvalue weighted by Gasteiger charge is -2.44. The highest BCUT2D eigenvalue weighted by molar-refractivity contribution is 7.89. The summed E-state index contributed by atoms with van der Waals surface area (Å²) in [6.45, 7) is 0.970. The van der Waals surface area contributed by atoms with Crippen LogP contribution in [0, 0.1) is 5.92 Å². The number of nitrogens with zero attached hydrogens (tertiary/aromatic N) is 1. The molecule has 37 heavy (non-hydrogen) atoms. The molecule has 3 fully saturated rings. The number of benzene rings is 2. The quantitative estimate of drug-likeness (QED) is 0.440. The third-order valence-electron chi connectivity index (χ3n) is 7.08. The van der Waals surface area contributed by atoms with Gasteiger partial charge in [0.2, 0.25) is 15.9 Å². The van der Waals surface area contributed by atoms with Crippen molar-refractivity contribution in [2.45, 2.75) is 49.0 Å². The van der Waals surface area contributed by atoms with E-state index in [4.69, 9.17) is 26.8 Å². The molecular formula is C25H28N4O6S2. The molecule has 2 aromatic carbocycles. The lowest BCUT2D eigenvalue weighted by atomic mass is 9.79. The molecule has 1 saturated carbocycles. The molecule has 2 amide bonds. The van der Waals surface area contributed by atoms with E-state index in [0.29, 0.717) is 43.0 Å². The summed E-state index contributed by atoms with van der Waals surface area (Å²) >= 11 is 5.49. The predicted molar refractivity (Wildman–Crippen MR) is 138 cm³/mol. The van der Waals surface area contributed by atoms with Crippen molar-refractivity contribution in [3.05, 3.63) is 65.2 Å². The number of thiocarbonyl (C=S) groups is 1. The summed E-state index contributed by atoms with van der Waals surface area (Å²) in [6, 6.07) is 13.2. The first-order valence-electron chi connectivity index (χ1n) is 12.0. The number of carbonyl (C=O) groups is 2. The zero-order valence-electron chi connectivity index (χ0n) is 20.0. The number of sulfonamides is 1. The molecule has 0 bridgehead atoms. The number of nitrogens with one attached hydrogen (secondary N) is 2. The minimum atomic E-state index is -3.73. The summed E-state index contributed by atoms with van der Waals surface area (Å²) < 4.78 is 33.9. The molecule has 5 rings (SSSR count). The summed E-state index contributed by atoms with van der Waals surface area (Å²) in [6.07, 6.45) is 1.79. The molecule has 2 aliphatic heterocycles. The number of carbonyl (C=O) groups excluding carboxylic acids is 2. The molecule has 12 heteroatoms. The van der Waals surface area contributed by atoms with E-state index >= 15 is 0 Å². The van der Waals surface area contributed by atoms with E-state index in [1.54, 1.807) is 29.2 Å². The van der Waals surface area contributed by atoms with Crippen LogP contribution in [0.25, 0.3) is 0 Å². The number of primary sulfonamides is 1. The monoisotopic (exact) mass is 544 g/mol. The summed E-state index contributed by atoms with van der Waals surface area (Å²) in [5.74, 6) is -0.449. The smallest absolute Gasteiger partial charge is 0.251 e. The molecule has 0 aromatic heterocycles. The van der Waals surface area contributed by atoms with Crippen molar-refractivity contribution in [2.75, 3.05) is 13.3 Å². The highest BCUT2D eigenvalue weighted by Crippen LogP contribution is 2.35. The summed E-state index contributed by atoms with van der Waals surface area (Å²) in [5.41, 5.74) is 2.23. The van der Waals surface area contributed by atoms with Gasteiger partial charge in [-0.25, -0.2) is 13.6 Å². The van der Waals surface area contributed by atoms with Crippen LogP contribution in [0.4, 0.5) is 0 Å². The van der Waals surface area contributed by atoms with Gasteiger partial charge < -0.3 is 20.1 Å². The number of fused-ring (bicyclic) bond motifs is 2. The predicted octanol–water partition coefficient (Wildman–Crippen LogP) is 1.04. The largest absolute Gasteiger partial charge is 0.359 e. The van der Waals surface area contributed by atoms with Gasteiger partial charge in [0.15, 0.2) is 5.11 Å². The average Bonchev–Trinajstić information content (AvgIpc) is 3.33. The normalized spacial score (nSPS) is 25.3. The van der Waals surface area contributed by atoms with Gasteiger partial charge in [0.05, 0.1) is 29.6 Å². The number of hydrogen-bond acceptors (Lipinski definition) is 7. The fourth-order valence-electron chi connectivity index (χ4n) is 5.03. The van der Waals surface area contributed by atoms with E-state index in [1.807, 2.05) is 12.1 Å². The van der Waals surface area contributed by atoms with Crippen molar-refractivity contribution >= 4 is 39.2 Å². The van der Waals surface area contributed by atoms with Crippen LogP contribution in [0.1, 0.15) is 34.3 Å². The van der Waals surface area contributed by atoms with Gasteiger partial charge in [-0.3, -0.25) is 14.5 Å². The van der Waals surface area contributed by atoms with Crippen LogP contribution in [0.15, 0.2) is 53.4 Å². The molecule has 196 valence electrons. The first-order chi connectivity index (χ1) is 17.7. The Bertz CT molecular complexity index is 1300. The fraction of sp³-hybridized carbons (Fsp3) is 0.400. The van der Waals surface area contributed by atoms with Crippen molar-refractivity contribution in [3.63, 3.8) is 0 Å². The van der Waals surface area contributed by atoms with Gasteiger partial charge in [-0.15, -0.1) is 0 Å². The van der Waals surface area contributed by atoms with Gasteiger partial charge in [0.25, 0.3) is 5.91 Å². The van der Waals surface area contributed by atoms with Crippen LogP contribution in [0.3, 0.4) is 0 Å². The Morgan fingerprint density at radius 2 is 1.70 bits per heavy atom. The highest BCUT2D eigenvalue weighted by atomic mass is 32.2. The first-order valence-corrected chi connectivity index (χ1v) is 14.0. The van der Waals surface area contributed by atoms with Gasteiger partial charge in [-0.1, -0.05) is 24.3 Å². The minimum absolute atomic E-state index is 0.00474. The Kier molecular flexibility index (Phi) is 7.28. The Morgan fingerprint density at radius 1 is 1.05 bits per heavy atom. The van der Waals surface area contributed by atoms with Crippen LogP contribution < -0.4 is 15.8 Å². The molecule has 4 unspecified atom stereocenters. The maximum Gasteiger partial charge on any atom is 0.251 e. The molecule has 10 nitrogen and oxygen atoms in total. The zero-order chi connectivity index (χ0) is 26.2. The summed E-state index contributed by atoms with van der Waals surface area (Å²) in [5, 5.41) is 11.7. The SMILES string of the molecule is NS(=O)(=O)c1ccc(CCNC(=O)c2ccc(CN3C(=O)C4CC5OCOC5CC4NC3=S)cc2)cc1. The molecule has 4 atom stereocenters. The lowest BCUT2D eigenvalue weighted by Crippen LogP contribution is -2.63. The summed E-state index contributed by atoms with van der Waals surface area (Å²) in [7, 11) is -3.73. The van der Waals surface area contributed by atoms with Gasteiger partial charge in [0.1, 0.15) is 6.79 Å². The van der Waals surface area contributed by atoms with E-state index in [-0.39, 0.29) is 47.7 Å². The molecule has 2 heterocycles. The Balaban J connectivity index is 1.14.